The van der Waals surface area contributed by atoms with Crippen LogP contribution in [0.5, 0.6) is 11.5 Å². The maximum absolute atomic E-state index is 13.8. The smallest absolute Gasteiger partial charge is 0.254 e. The van der Waals surface area contributed by atoms with Crippen LogP contribution in [0.2, 0.25) is 0 Å². The van der Waals surface area contributed by atoms with Crippen LogP contribution in [0.3, 0.4) is 0 Å². The first-order chi connectivity index (χ1) is 15.5. The van der Waals surface area contributed by atoms with E-state index in [1.807, 2.05) is 49.4 Å². The topological polar surface area (TPSA) is 74.9 Å². The van der Waals surface area contributed by atoms with E-state index >= 15 is 0 Å². The molecule has 5 rings (SSSR count). The number of carbonyl (C=O) groups excluding carboxylic acids is 2. The molecule has 2 aromatic carbocycles. The highest BCUT2D eigenvalue weighted by atomic mass is 16.5. The van der Waals surface area contributed by atoms with Crippen LogP contribution in [-0.2, 0) is 28.0 Å². The number of H-pyrrole nitrogens is 1. The molecule has 2 aliphatic heterocycles. The third-order valence-corrected chi connectivity index (χ3v) is 6.89. The number of nitrogens with one attached hydrogen (secondary N) is 1. The fourth-order valence-corrected chi connectivity index (χ4v) is 5.07. The van der Waals surface area contributed by atoms with Gasteiger partial charge >= 0.3 is 0 Å². The Labute approximate surface area is 186 Å². The number of piperazine rings is 1. The number of aromatic nitrogens is 1. The highest BCUT2D eigenvalue weighted by molar-refractivity contribution is 6.00. The second kappa shape index (κ2) is 7.58. The van der Waals surface area contributed by atoms with Crippen molar-refractivity contribution in [3.63, 3.8) is 0 Å². The van der Waals surface area contributed by atoms with Crippen molar-refractivity contribution in [2.45, 2.75) is 25.3 Å². The Bertz CT molecular complexity index is 1200. The average Bonchev–Trinajstić information content (AvgIpc) is 3.20. The summed E-state index contributed by atoms with van der Waals surface area (Å²) in [5, 5.41) is 1.05. The van der Waals surface area contributed by atoms with Crippen molar-refractivity contribution in [1.82, 2.24) is 14.8 Å². The lowest BCUT2D eigenvalue weighted by Crippen LogP contribution is -2.67. The maximum atomic E-state index is 13.8. The number of methoxy groups -OCH3 is 2. The molecule has 0 radical (unpaired) electrons. The Kier molecular flexibility index (Phi) is 4.84. The number of rotatable bonds is 5. The molecule has 166 valence electrons. The summed E-state index contributed by atoms with van der Waals surface area (Å²) in [5.41, 5.74) is 2.93. The predicted molar refractivity (Wildman–Crippen MR) is 121 cm³/mol. The van der Waals surface area contributed by atoms with Gasteiger partial charge < -0.3 is 24.3 Å². The van der Waals surface area contributed by atoms with Crippen LogP contribution in [0.25, 0.3) is 10.9 Å². The number of ether oxygens (including phenoxy) is 2. The molecule has 1 atom stereocenters. The van der Waals surface area contributed by atoms with E-state index in [1.54, 1.807) is 24.0 Å². The minimum Gasteiger partial charge on any atom is -0.497 e. The number of fused-ring (bicyclic) bond motifs is 5. The van der Waals surface area contributed by atoms with E-state index in [4.69, 9.17) is 9.47 Å². The van der Waals surface area contributed by atoms with E-state index in [0.29, 0.717) is 25.9 Å². The van der Waals surface area contributed by atoms with Gasteiger partial charge in [0.1, 0.15) is 11.5 Å². The molecule has 0 spiro atoms. The second-order valence-electron chi connectivity index (χ2n) is 8.58. The lowest BCUT2D eigenvalue weighted by Gasteiger charge is -2.49. The monoisotopic (exact) mass is 433 g/mol. The summed E-state index contributed by atoms with van der Waals surface area (Å²) in [6.45, 7) is 3.01. The van der Waals surface area contributed by atoms with Crippen molar-refractivity contribution in [2.24, 2.45) is 0 Å². The van der Waals surface area contributed by atoms with Crippen LogP contribution >= 0.6 is 0 Å². The number of nitrogens with zero attached hydrogens (tertiary/aromatic N) is 2. The first kappa shape index (κ1) is 20.4. The molecule has 3 aromatic rings. The summed E-state index contributed by atoms with van der Waals surface area (Å²) in [7, 11) is 3.28. The van der Waals surface area contributed by atoms with Gasteiger partial charge in [-0.1, -0.05) is 12.1 Å². The third-order valence-electron chi connectivity index (χ3n) is 6.89. The quantitative estimate of drug-likeness (QED) is 0.672. The fraction of sp³-hybridized carbons (Fsp3) is 0.360. The summed E-state index contributed by atoms with van der Waals surface area (Å²) in [4.78, 5) is 33.8. The molecule has 7 nitrogen and oxygen atoms in total. The fourth-order valence-electron chi connectivity index (χ4n) is 5.07. The molecule has 1 N–H and O–H groups in total. The maximum Gasteiger partial charge on any atom is 0.254 e. The minimum absolute atomic E-state index is 0.0104. The molecule has 1 saturated heterocycles. The molecule has 32 heavy (non-hydrogen) atoms. The zero-order valence-electron chi connectivity index (χ0n) is 18.6. The molecular formula is C25H27N3O4. The van der Waals surface area contributed by atoms with Crippen LogP contribution in [0, 0.1) is 0 Å². The van der Waals surface area contributed by atoms with E-state index < -0.39 is 5.54 Å². The summed E-state index contributed by atoms with van der Waals surface area (Å²) in [5.74, 6) is 1.53. The minimum atomic E-state index is -1.03. The van der Waals surface area contributed by atoms with Crippen LogP contribution in [0.1, 0.15) is 23.7 Å². The molecule has 1 fully saturated rings. The summed E-state index contributed by atoms with van der Waals surface area (Å²) >= 11 is 0. The predicted octanol–water partition coefficient (Wildman–Crippen LogP) is 2.87. The Morgan fingerprint density at radius 1 is 1.03 bits per heavy atom. The third kappa shape index (κ3) is 3.03. The molecule has 0 saturated carbocycles. The Morgan fingerprint density at radius 2 is 1.75 bits per heavy atom. The van der Waals surface area contributed by atoms with Crippen molar-refractivity contribution in [2.75, 3.05) is 33.9 Å². The zero-order chi connectivity index (χ0) is 22.5. The van der Waals surface area contributed by atoms with Crippen LogP contribution in [0.4, 0.5) is 0 Å². The highest BCUT2D eigenvalue weighted by Gasteiger charge is 2.53. The van der Waals surface area contributed by atoms with E-state index in [2.05, 4.69) is 4.98 Å². The molecule has 0 bridgehead atoms. The Morgan fingerprint density at radius 3 is 2.47 bits per heavy atom. The number of carbonyl (C=O) groups is 2. The molecule has 2 aliphatic rings. The van der Waals surface area contributed by atoms with Gasteiger partial charge in [0.2, 0.25) is 5.91 Å². The molecule has 7 heteroatoms. The van der Waals surface area contributed by atoms with E-state index in [9.17, 15) is 9.59 Å². The van der Waals surface area contributed by atoms with Crippen molar-refractivity contribution in [1.29, 1.82) is 0 Å². The number of hydrogen-bond acceptors (Lipinski definition) is 4. The van der Waals surface area contributed by atoms with Gasteiger partial charge in [-0.25, -0.2) is 0 Å². The molecule has 3 heterocycles. The molecule has 2 amide bonds. The van der Waals surface area contributed by atoms with Crippen LogP contribution < -0.4 is 9.47 Å². The van der Waals surface area contributed by atoms with Crippen molar-refractivity contribution < 1.29 is 19.1 Å². The lowest BCUT2D eigenvalue weighted by molar-refractivity contribution is -0.165. The highest BCUT2D eigenvalue weighted by Crippen LogP contribution is 2.42. The summed E-state index contributed by atoms with van der Waals surface area (Å²) in [6, 6.07) is 13.7. The first-order valence-corrected chi connectivity index (χ1v) is 10.9. The lowest BCUT2D eigenvalue weighted by atomic mass is 9.83. The van der Waals surface area contributed by atoms with Crippen molar-refractivity contribution >= 4 is 22.7 Å². The van der Waals surface area contributed by atoms with Crippen molar-refractivity contribution in [3.05, 3.63) is 59.3 Å². The normalized spacial score (nSPS) is 20.3. The standard InChI is InChI=1S/C25H27N3O4/c1-25-23-19(20-14-18(32-3)8-9-21(20)26-23)11-13-28(25)22(29)15-27(24(25)30)12-10-16-4-6-17(31-2)7-5-16/h4-9,14,26H,10-13,15H2,1-3H3. The number of benzene rings is 2. The SMILES string of the molecule is COc1ccc(CCN2CC(=O)N3CCc4c([nH]c5ccc(OC)cc45)C3(C)C2=O)cc1. The molecule has 1 unspecified atom stereocenters. The van der Waals surface area contributed by atoms with Crippen LogP contribution in [0.15, 0.2) is 42.5 Å². The van der Waals surface area contributed by atoms with Gasteiger partial charge in [0.15, 0.2) is 5.54 Å². The second-order valence-corrected chi connectivity index (χ2v) is 8.58. The largest absolute Gasteiger partial charge is 0.497 e. The van der Waals surface area contributed by atoms with Gasteiger partial charge in [-0.2, -0.15) is 0 Å². The van der Waals surface area contributed by atoms with E-state index in [0.717, 1.165) is 39.2 Å². The Balaban J connectivity index is 1.47. The Hall–Kier alpha value is -3.48. The molecule has 0 aliphatic carbocycles. The van der Waals surface area contributed by atoms with E-state index in [1.165, 1.54) is 0 Å². The summed E-state index contributed by atoms with van der Waals surface area (Å²) < 4.78 is 10.6. The summed E-state index contributed by atoms with van der Waals surface area (Å²) in [6.07, 6.45) is 1.39. The van der Waals surface area contributed by atoms with Gasteiger partial charge in [-0.15, -0.1) is 0 Å². The zero-order valence-corrected chi connectivity index (χ0v) is 18.6. The molecular weight excluding hydrogens is 406 g/mol. The number of amides is 2. The van der Waals surface area contributed by atoms with Crippen molar-refractivity contribution in [3.8, 4) is 11.5 Å². The number of aromatic amines is 1. The number of hydrogen-bond donors (Lipinski definition) is 1. The van der Waals surface area contributed by atoms with Gasteiger partial charge in [-0.3, -0.25) is 9.59 Å². The molecule has 1 aromatic heterocycles. The van der Waals surface area contributed by atoms with Gasteiger partial charge in [-0.05, 0) is 61.2 Å². The van der Waals surface area contributed by atoms with Gasteiger partial charge in [0.05, 0.1) is 26.5 Å². The first-order valence-electron chi connectivity index (χ1n) is 10.9. The van der Waals surface area contributed by atoms with Gasteiger partial charge in [0, 0.05) is 24.0 Å². The van der Waals surface area contributed by atoms with Crippen LogP contribution in [-0.4, -0.2) is 60.5 Å². The van der Waals surface area contributed by atoms with Gasteiger partial charge in [0.25, 0.3) is 5.91 Å². The average molecular weight is 434 g/mol. The van der Waals surface area contributed by atoms with E-state index in [-0.39, 0.29) is 18.4 Å².